The Morgan fingerprint density at radius 1 is 1.15 bits per heavy atom. The molecular formula is C16H32O3Si. The third-order valence-corrected chi connectivity index (χ3v) is 10.7. The van der Waals surface area contributed by atoms with E-state index in [2.05, 4.69) is 48.1 Å². The minimum Gasteiger partial charge on any atom is -0.413 e. The van der Waals surface area contributed by atoms with Crippen LogP contribution in [-0.4, -0.2) is 38.3 Å². The number of rotatable bonds is 9. The van der Waals surface area contributed by atoms with Gasteiger partial charge in [-0.25, -0.2) is 0 Å². The zero-order valence-electron chi connectivity index (χ0n) is 13.9. The van der Waals surface area contributed by atoms with Crippen LogP contribution in [0.25, 0.3) is 0 Å². The highest BCUT2D eigenvalue weighted by molar-refractivity contribution is 6.77. The predicted molar refractivity (Wildman–Crippen MR) is 86.5 cm³/mol. The van der Waals surface area contributed by atoms with Gasteiger partial charge in [0.2, 0.25) is 0 Å². The van der Waals surface area contributed by atoms with Crippen molar-refractivity contribution in [1.29, 1.82) is 0 Å². The number of aliphatic hydroxyl groups is 1. The molecule has 3 atom stereocenters. The fourth-order valence-corrected chi connectivity index (χ4v) is 9.11. The van der Waals surface area contributed by atoms with Crippen molar-refractivity contribution in [2.45, 2.75) is 82.9 Å². The molecule has 0 bridgehead atoms. The molecule has 0 aromatic carbocycles. The van der Waals surface area contributed by atoms with Crippen molar-refractivity contribution in [2.24, 2.45) is 0 Å². The first-order chi connectivity index (χ1) is 9.27. The monoisotopic (exact) mass is 300 g/mol. The standard InChI is InChI=1S/C16H32O3Si/c1-8-9-14(17)16-15(19-16)10-18-20(11(2)3,12(4)5)13(6)7/h8,11-17H,1,9-10H2,2-7H3/t14-,15-,16-/m1/s1. The van der Waals surface area contributed by atoms with E-state index in [0.29, 0.717) is 29.7 Å². The molecule has 4 heteroatoms. The van der Waals surface area contributed by atoms with Gasteiger partial charge in [-0.2, -0.15) is 0 Å². The van der Waals surface area contributed by atoms with Gasteiger partial charge in [0, 0.05) is 0 Å². The second kappa shape index (κ2) is 7.21. The molecule has 1 aliphatic rings. The van der Waals surface area contributed by atoms with Gasteiger partial charge in [0.1, 0.15) is 12.2 Å². The van der Waals surface area contributed by atoms with Gasteiger partial charge in [-0.05, 0) is 23.0 Å². The summed E-state index contributed by atoms with van der Waals surface area (Å²) < 4.78 is 12.0. The van der Waals surface area contributed by atoms with Crippen LogP contribution in [0, 0.1) is 0 Å². The lowest BCUT2D eigenvalue weighted by Gasteiger charge is -2.42. The van der Waals surface area contributed by atoms with Gasteiger partial charge in [0.05, 0.1) is 12.7 Å². The molecule has 0 spiro atoms. The fourth-order valence-electron chi connectivity index (χ4n) is 3.66. The minimum atomic E-state index is -1.82. The molecule has 118 valence electrons. The smallest absolute Gasteiger partial charge is 0.200 e. The highest BCUT2D eigenvalue weighted by Crippen LogP contribution is 2.43. The summed E-state index contributed by atoms with van der Waals surface area (Å²) in [4.78, 5) is 0. The molecule has 0 aromatic rings. The Morgan fingerprint density at radius 2 is 1.65 bits per heavy atom. The Morgan fingerprint density at radius 3 is 2.05 bits per heavy atom. The molecule has 0 amide bonds. The average Bonchev–Trinajstić information content (AvgIpc) is 3.08. The predicted octanol–water partition coefficient (Wildman–Crippen LogP) is 3.88. The summed E-state index contributed by atoms with van der Waals surface area (Å²) in [5.41, 5.74) is 1.74. The highest BCUT2D eigenvalue weighted by atomic mass is 28.4. The summed E-state index contributed by atoms with van der Waals surface area (Å²) in [5, 5.41) is 9.88. The van der Waals surface area contributed by atoms with Gasteiger partial charge >= 0.3 is 0 Å². The Bertz CT molecular complexity index is 293. The zero-order valence-corrected chi connectivity index (χ0v) is 14.9. The molecule has 0 aromatic heterocycles. The third kappa shape index (κ3) is 3.73. The summed E-state index contributed by atoms with van der Waals surface area (Å²) in [6, 6.07) is 0. The van der Waals surface area contributed by atoms with E-state index in [0.717, 1.165) is 0 Å². The van der Waals surface area contributed by atoms with Crippen LogP contribution in [-0.2, 0) is 9.16 Å². The maximum absolute atomic E-state index is 9.88. The van der Waals surface area contributed by atoms with Gasteiger partial charge in [-0.15, -0.1) is 6.58 Å². The number of ether oxygens (including phenoxy) is 1. The quantitative estimate of drug-likeness (QED) is 0.399. The Kier molecular flexibility index (Phi) is 6.45. The molecule has 1 heterocycles. The average molecular weight is 301 g/mol. The molecule has 1 saturated heterocycles. The Hall–Kier alpha value is -0.163. The van der Waals surface area contributed by atoms with Gasteiger partial charge in [0.15, 0.2) is 8.32 Å². The van der Waals surface area contributed by atoms with Gasteiger partial charge < -0.3 is 14.3 Å². The highest BCUT2D eigenvalue weighted by Gasteiger charge is 2.49. The van der Waals surface area contributed by atoms with Crippen molar-refractivity contribution in [2.75, 3.05) is 6.61 Å². The minimum absolute atomic E-state index is 0.0630. The second-order valence-corrected chi connectivity index (χ2v) is 12.3. The van der Waals surface area contributed by atoms with Crippen molar-refractivity contribution < 1.29 is 14.3 Å². The largest absolute Gasteiger partial charge is 0.413 e. The summed E-state index contributed by atoms with van der Waals surface area (Å²) in [5.74, 6) is 0. The van der Waals surface area contributed by atoms with Crippen LogP contribution in [0.3, 0.4) is 0 Å². The number of aliphatic hydroxyl groups excluding tert-OH is 1. The van der Waals surface area contributed by atoms with Crippen molar-refractivity contribution in [3.8, 4) is 0 Å². The van der Waals surface area contributed by atoms with E-state index in [1.165, 1.54) is 0 Å². The molecule has 0 radical (unpaired) electrons. The molecule has 1 fully saturated rings. The van der Waals surface area contributed by atoms with E-state index < -0.39 is 14.4 Å². The molecule has 20 heavy (non-hydrogen) atoms. The van der Waals surface area contributed by atoms with Crippen molar-refractivity contribution in [3.05, 3.63) is 12.7 Å². The van der Waals surface area contributed by atoms with Crippen molar-refractivity contribution >= 4 is 8.32 Å². The molecule has 0 unspecified atom stereocenters. The van der Waals surface area contributed by atoms with Crippen molar-refractivity contribution in [1.82, 2.24) is 0 Å². The number of hydrogen-bond donors (Lipinski definition) is 1. The lowest BCUT2D eigenvalue weighted by molar-refractivity contribution is 0.138. The van der Waals surface area contributed by atoms with Crippen LogP contribution < -0.4 is 0 Å². The molecular weight excluding hydrogens is 268 g/mol. The Labute approximate surface area is 125 Å². The first-order valence-corrected chi connectivity index (χ1v) is 9.99. The topological polar surface area (TPSA) is 42.0 Å². The van der Waals surface area contributed by atoms with Crippen molar-refractivity contribution in [3.63, 3.8) is 0 Å². The van der Waals surface area contributed by atoms with E-state index in [4.69, 9.17) is 9.16 Å². The zero-order chi connectivity index (χ0) is 15.5. The first kappa shape index (κ1) is 17.9. The molecule has 0 saturated carbocycles. The van der Waals surface area contributed by atoms with Crippen LogP contribution in [0.5, 0.6) is 0 Å². The fraction of sp³-hybridized carbons (Fsp3) is 0.875. The first-order valence-electron chi connectivity index (χ1n) is 7.85. The normalized spacial score (nSPS) is 24.5. The Balaban J connectivity index is 2.59. The van der Waals surface area contributed by atoms with Gasteiger partial charge in [-0.1, -0.05) is 47.6 Å². The van der Waals surface area contributed by atoms with Crippen LogP contribution in [0.1, 0.15) is 48.0 Å². The third-order valence-electron chi connectivity index (χ3n) is 4.61. The molecule has 3 nitrogen and oxygen atoms in total. The lowest BCUT2D eigenvalue weighted by atomic mass is 10.1. The van der Waals surface area contributed by atoms with E-state index in [1.807, 2.05) is 0 Å². The van der Waals surface area contributed by atoms with E-state index in [9.17, 15) is 5.11 Å². The maximum atomic E-state index is 9.88. The summed E-state index contributed by atoms with van der Waals surface area (Å²) in [7, 11) is -1.82. The summed E-state index contributed by atoms with van der Waals surface area (Å²) in [6.07, 6.45) is 1.88. The molecule has 1 N–H and O–H groups in total. The molecule has 1 rings (SSSR count). The van der Waals surface area contributed by atoms with Gasteiger partial charge in [0.25, 0.3) is 0 Å². The van der Waals surface area contributed by atoms with Gasteiger partial charge in [-0.3, -0.25) is 0 Å². The van der Waals surface area contributed by atoms with E-state index >= 15 is 0 Å². The maximum Gasteiger partial charge on any atom is 0.200 e. The summed E-state index contributed by atoms with van der Waals surface area (Å²) in [6.45, 7) is 18.0. The van der Waals surface area contributed by atoms with E-state index in [-0.39, 0.29) is 12.2 Å². The lowest BCUT2D eigenvalue weighted by Crippen LogP contribution is -2.48. The number of epoxide rings is 1. The summed E-state index contributed by atoms with van der Waals surface area (Å²) >= 11 is 0. The SMILES string of the molecule is C=CC[C@@H](O)[C@H]1O[C@@H]1CO[Si](C(C)C)(C(C)C)C(C)C. The molecule has 1 aliphatic heterocycles. The molecule has 0 aliphatic carbocycles. The van der Waals surface area contributed by atoms with E-state index in [1.54, 1.807) is 6.08 Å². The number of hydrogen-bond acceptors (Lipinski definition) is 3. The van der Waals surface area contributed by atoms with Crippen LogP contribution in [0.2, 0.25) is 16.6 Å². The second-order valence-electron chi connectivity index (χ2n) is 6.86. The van der Waals surface area contributed by atoms with Crippen LogP contribution in [0.15, 0.2) is 12.7 Å². The van der Waals surface area contributed by atoms with Crippen LogP contribution >= 0.6 is 0 Å². The van der Waals surface area contributed by atoms with Crippen LogP contribution in [0.4, 0.5) is 0 Å².